The fourth-order valence-electron chi connectivity index (χ4n) is 1.22. The number of aromatic amines is 1. The molecule has 0 atom stereocenters. The lowest BCUT2D eigenvalue weighted by molar-refractivity contribution is 0.251. The number of nitrogens with zero attached hydrogens (tertiary/aromatic N) is 3. The molecule has 0 spiro atoms. The highest BCUT2D eigenvalue weighted by Gasteiger charge is 2.05. The van der Waals surface area contributed by atoms with E-state index in [-0.39, 0.29) is 6.54 Å². The van der Waals surface area contributed by atoms with Crippen molar-refractivity contribution in [2.45, 2.75) is 6.54 Å². The highest BCUT2D eigenvalue weighted by molar-refractivity contribution is 6.35. The molecule has 0 fully saturated rings. The van der Waals surface area contributed by atoms with Gasteiger partial charge in [0.15, 0.2) is 5.82 Å². The minimum atomic E-state index is -0.418. The summed E-state index contributed by atoms with van der Waals surface area (Å²) < 4.78 is 0. The molecule has 0 saturated carbocycles. The van der Waals surface area contributed by atoms with E-state index in [2.05, 4.69) is 31.3 Å². The molecule has 1 aromatic carbocycles. The van der Waals surface area contributed by atoms with Gasteiger partial charge >= 0.3 is 6.03 Å². The first-order chi connectivity index (χ1) is 8.63. The number of hydrogen-bond acceptors (Lipinski definition) is 4. The van der Waals surface area contributed by atoms with Gasteiger partial charge in [-0.25, -0.2) is 4.79 Å². The second kappa shape index (κ2) is 5.65. The predicted molar refractivity (Wildman–Crippen MR) is 66.5 cm³/mol. The van der Waals surface area contributed by atoms with Crippen LogP contribution in [0.25, 0.3) is 0 Å². The molecule has 18 heavy (non-hydrogen) atoms. The van der Waals surface area contributed by atoms with E-state index < -0.39 is 6.03 Å². The van der Waals surface area contributed by atoms with Crippen LogP contribution in [0.1, 0.15) is 5.82 Å². The molecule has 7 nitrogen and oxygen atoms in total. The third-order valence-electron chi connectivity index (χ3n) is 1.92. The van der Waals surface area contributed by atoms with Gasteiger partial charge in [0.25, 0.3) is 0 Å². The Hall–Kier alpha value is -1.86. The van der Waals surface area contributed by atoms with Crippen molar-refractivity contribution in [2.24, 2.45) is 0 Å². The molecule has 2 aromatic rings. The van der Waals surface area contributed by atoms with Gasteiger partial charge < -0.3 is 10.6 Å². The van der Waals surface area contributed by atoms with Crippen molar-refractivity contribution in [2.75, 3.05) is 5.32 Å². The van der Waals surface area contributed by atoms with Crippen molar-refractivity contribution in [1.82, 2.24) is 25.9 Å². The summed E-state index contributed by atoms with van der Waals surface area (Å²) in [6.45, 7) is 0.163. The average Bonchev–Trinajstić information content (AvgIpc) is 2.77. The zero-order valence-corrected chi connectivity index (χ0v) is 10.5. The molecule has 0 radical (unpaired) electrons. The number of urea groups is 1. The maximum absolute atomic E-state index is 11.5. The number of aromatic nitrogens is 4. The number of H-pyrrole nitrogens is 1. The Balaban J connectivity index is 1.90. The third-order valence-corrected chi connectivity index (χ3v) is 2.35. The minimum Gasteiger partial charge on any atom is -0.330 e. The van der Waals surface area contributed by atoms with E-state index in [9.17, 15) is 4.79 Å². The second-order valence-electron chi connectivity index (χ2n) is 3.29. The summed E-state index contributed by atoms with van der Waals surface area (Å²) in [5, 5.41) is 19.0. The van der Waals surface area contributed by atoms with Gasteiger partial charge in [0.2, 0.25) is 0 Å². The van der Waals surface area contributed by atoms with Gasteiger partial charge in [-0.3, -0.25) is 0 Å². The van der Waals surface area contributed by atoms with Gasteiger partial charge in [-0.15, -0.1) is 10.2 Å². The first-order valence-corrected chi connectivity index (χ1v) is 5.62. The van der Waals surface area contributed by atoms with Gasteiger partial charge in [0, 0.05) is 15.7 Å². The van der Waals surface area contributed by atoms with Crippen LogP contribution in [-0.4, -0.2) is 26.7 Å². The predicted octanol–water partition coefficient (Wildman–Crippen LogP) is 1.83. The van der Waals surface area contributed by atoms with Crippen molar-refractivity contribution >= 4 is 34.9 Å². The van der Waals surface area contributed by atoms with Crippen LogP contribution in [-0.2, 0) is 6.54 Å². The van der Waals surface area contributed by atoms with Crippen molar-refractivity contribution in [3.05, 3.63) is 34.1 Å². The molecule has 0 aliphatic heterocycles. The van der Waals surface area contributed by atoms with Crippen LogP contribution in [0.15, 0.2) is 18.2 Å². The van der Waals surface area contributed by atoms with Gasteiger partial charge in [-0.05, 0) is 18.2 Å². The number of nitrogens with one attached hydrogen (secondary N) is 3. The van der Waals surface area contributed by atoms with Crippen molar-refractivity contribution < 1.29 is 4.79 Å². The molecule has 2 rings (SSSR count). The molecule has 0 aliphatic rings. The molecule has 0 unspecified atom stereocenters. The number of amides is 2. The Labute approximate surface area is 112 Å². The molecule has 0 saturated heterocycles. The highest BCUT2D eigenvalue weighted by Crippen LogP contribution is 2.22. The zero-order valence-electron chi connectivity index (χ0n) is 8.94. The van der Waals surface area contributed by atoms with E-state index in [1.165, 1.54) is 0 Å². The van der Waals surface area contributed by atoms with E-state index >= 15 is 0 Å². The van der Waals surface area contributed by atoms with Gasteiger partial charge in [0.1, 0.15) is 0 Å². The molecular formula is C9H8Cl2N6O. The summed E-state index contributed by atoms with van der Waals surface area (Å²) >= 11 is 11.6. The lowest BCUT2D eigenvalue weighted by Crippen LogP contribution is -2.28. The first-order valence-electron chi connectivity index (χ1n) is 4.87. The Morgan fingerprint density at radius 2 is 2.00 bits per heavy atom. The number of benzene rings is 1. The Morgan fingerprint density at radius 3 is 2.61 bits per heavy atom. The van der Waals surface area contributed by atoms with Crippen molar-refractivity contribution in [3.8, 4) is 0 Å². The van der Waals surface area contributed by atoms with Gasteiger partial charge in [0.05, 0.1) is 6.54 Å². The minimum absolute atomic E-state index is 0.163. The van der Waals surface area contributed by atoms with E-state index in [1.54, 1.807) is 18.2 Å². The number of anilines is 1. The largest absolute Gasteiger partial charge is 0.330 e. The van der Waals surface area contributed by atoms with Crippen LogP contribution in [0.2, 0.25) is 10.0 Å². The standard InChI is InChI=1S/C9H8Cl2N6O/c10-5-1-6(11)3-7(2-5)13-9(18)12-4-8-14-16-17-15-8/h1-3H,4H2,(H2,12,13,18)(H,14,15,16,17). The lowest BCUT2D eigenvalue weighted by Gasteiger charge is -2.06. The molecule has 1 heterocycles. The Morgan fingerprint density at radius 1 is 1.28 bits per heavy atom. The van der Waals surface area contributed by atoms with Crippen molar-refractivity contribution in [1.29, 1.82) is 0 Å². The summed E-state index contributed by atoms with van der Waals surface area (Å²) in [6, 6.07) is 4.33. The lowest BCUT2D eigenvalue weighted by atomic mass is 10.3. The quantitative estimate of drug-likeness (QED) is 0.802. The van der Waals surface area contributed by atoms with E-state index in [0.717, 1.165) is 0 Å². The van der Waals surface area contributed by atoms with E-state index in [0.29, 0.717) is 21.6 Å². The van der Waals surface area contributed by atoms with Crippen LogP contribution in [0.4, 0.5) is 10.5 Å². The highest BCUT2D eigenvalue weighted by atomic mass is 35.5. The SMILES string of the molecule is O=C(NCc1nn[nH]n1)Nc1cc(Cl)cc(Cl)c1. The average molecular weight is 287 g/mol. The second-order valence-corrected chi connectivity index (χ2v) is 4.17. The monoisotopic (exact) mass is 286 g/mol. The summed E-state index contributed by atoms with van der Waals surface area (Å²) in [4.78, 5) is 11.5. The van der Waals surface area contributed by atoms with E-state index in [1.807, 2.05) is 0 Å². The summed E-state index contributed by atoms with van der Waals surface area (Å²) in [5.74, 6) is 0.384. The molecule has 1 aromatic heterocycles. The number of tetrazole rings is 1. The number of hydrogen-bond donors (Lipinski definition) is 3. The number of carbonyl (C=O) groups is 1. The fraction of sp³-hybridized carbons (Fsp3) is 0.111. The first kappa shape index (κ1) is 12.6. The van der Waals surface area contributed by atoms with Crippen LogP contribution < -0.4 is 10.6 Å². The van der Waals surface area contributed by atoms with Crippen LogP contribution >= 0.6 is 23.2 Å². The molecular weight excluding hydrogens is 279 g/mol. The Kier molecular flexibility index (Phi) is 3.96. The fourth-order valence-corrected chi connectivity index (χ4v) is 1.74. The molecule has 3 N–H and O–H groups in total. The summed E-state index contributed by atoms with van der Waals surface area (Å²) in [7, 11) is 0. The topological polar surface area (TPSA) is 95.6 Å². The van der Waals surface area contributed by atoms with Gasteiger partial charge in [-0.2, -0.15) is 5.21 Å². The third kappa shape index (κ3) is 3.57. The normalized spacial score (nSPS) is 10.1. The van der Waals surface area contributed by atoms with Crippen molar-refractivity contribution in [3.63, 3.8) is 0 Å². The van der Waals surface area contributed by atoms with Crippen LogP contribution in [0, 0.1) is 0 Å². The molecule has 9 heteroatoms. The number of rotatable bonds is 3. The number of carbonyl (C=O) groups excluding carboxylic acids is 1. The summed E-state index contributed by atoms with van der Waals surface area (Å²) in [5.41, 5.74) is 0.498. The van der Waals surface area contributed by atoms with E-state index in [4.69, 9.17) is 23.2 Å². The van der Waals surface area contributed by atoms with Crippen LogP contribution in [0.3, 0.4) is 0 Å². The molecule has 0 aliphatic carbocycles. The van der Waals surface area contributed by atoms with Gasteiger partial charge in [-0.1, -0.05) is 28.4 Å². The molecule has 2 amide bonds. The maximum atomic E-state index is 11.5. The van der Waals surface area contributed by atoms with Crippen LogP contribution in [0.5, 0.6) is 0 Å². The molecule has 94 valence electrons. The smallest absolute Gasteiger partial charge is 0.319 e. The Bertz CT molecular complexity index is 524. The zero-order chi connectivity index (χ0) is 13.0. The molecule has 0 bridgehead atoms. The number of halogens is 2. The maximum Gasteiger partial charge on any atom is 0.319 e. The summed E-state index contributed by atoms with van der Waals surface area (Å²) in [6.07, 6.45) is 0.